The zero-order chi connectivity index (χ0) is 10.1. The van der Waals surface area contributed by atoms with Crippen molar-refractivity contribution in [2.24, 2.45) is 17.2 Å². The first kappa shape index (κ1) is 10.9. The quantitative estimate of drug-likeness (QED) is 0.677. The maximum Gasteiger partial charge on any atom is 0.150 e. The van der Waals surface area contributed by atoms with Gasteiger partial charge in [0.15, 0.2) is 9.84 Å². The summed E-state index contributed by atoms with van der Waals surface area (Å²) in [5.74, 6) is 5.77. The fourth-order valence-electron chi connectivity index (χ4n) is 1.74. The first-order valence-corrected chi connectivity index (χ1v) is 6.22. The summed E-state index contributed by atoms with van der Waals surface area (Å²) in [5.41, 5.74) is -0.141. The lowest BCUT2D eigenvalue weighted by atomic mass is 9.79. The molecule has 0 radical (unpaired) electrons. The van der Waals surface area contributed by atoms with Crippen LogP contribution in [0.25, 0.3) is 0 Å². The molecule has 0 aromatic rings. The van der Waals surface area contributed by atoms with Gasteiger partial charge >= 0.3 is 0 Å². The molecule has 5 heteroatoms. The average Bonchev–Trinajstić information content (AvgIpc) is 2.30. The fraction of sp³-hybridized carbons (Fsp3) is 1.00. The SMILES string of the molecule is CC(C)(CON)C1CCS(=O)(=O)C1. The molecule has 1 unspecified atom stereocenters. The van der Waals surface area contributed by atoms with Gasteiger partial charge in [-0.2, -0.15) is 0 Å². The molecular weight excluding hydrogens is 190 g/mol. The molecule has 1 heterocycles. The first-order valence-electron chi connectivity index (χ1n) is 4.39. The third-order valence-electron chi connectivity index (χ3n) is 2.79. The zero-order valence-electron chi connectivity index (χ0n) is 8.12. The number of hydrogen-bond acceptors (Lipinski definition) is 4. The van der Waals surface area contributed by atoms with Gasteiger partial charge in [-0.05, 0) is 17.8 Å². The monoisotopic (exact) mass is 207 g/mol. The highest BCUT2D eigenvalue weighted by Crippen LogP contribution is 2.35. The van der Waals surface area contributed by atoms with Crippen LogP contribution < -0.4 is 5.90 Å². The van der Waals surface area contributed by atoms with Crippen LogP contribution in [0.3, 0.4) is 0 Å². The molecule has 0 spiro atoms. The molecule has 1 aliphatic rings. The van der Waals surface area contributed by atoms with Crippen LogP contribution >= 0.6 is 0 Å². The van der Waals surface area contributed by atoms with Gasteiger partial charge in [0.05, 0.1) is 18.1 Å². The van der Waals surface area contributed by atoms with Gasteiger partial charge in [0.1, 0.15) is 0 Å². The van der Waals surface area contributed by atoms with Gasteiger partial charge in [-0.25, -0.2) is 14.3 Å². The highest BCUT2D eigenvalue weighted by molar-refractivity contribution is 7.91. The van der Waals surface area contributed by atoms with E-state index in [2.05, 4.69) is 4.84 Å². The van der Waals surface area contributed by atoms with Crippen LogP contribution in [-0.4, -0.2) is 26.5 Å². The minimum Gasteiger partial charge on any atom is -0.304 e. The lowest BCUT2D eigenvalue weighted by Gasteiger charge is -2.29. The Balaban J connectivity index is 2.65. The first-order chi connectivity index (χ1) is 5.87. The van der Waals surface area contributed by atoms with Crippen LogP contribution in [0.1, 0.15) is 20.3 Å². The molecule has 0 bridgehead atoms. The molecule has 0 amide bonds. The van der Waals surface area contributed by atoms with Crippen molar-refractivity contribution in [1.29, 1.82) is 0 Å². The third kappa shape index (κ3) is 2.65. The van der Waals surface area contributed by atoms with Crippen molar-refractivity contribution < 1.29 is 13.3 Å². The van der Waals surface area contributed by atoms with Crippen LogP contribution in [0.5, 0.6) is 0 Å². The maximum atomic E-state index is 11.2. The Kier molecular flexibility index (Phi) is 2.99. The van der Waals surface area contributed by atoms with Gasteiger partial charge in [0.2, 0.25) is 0 Å². The second kappa shape index (κ2) is 3.55. The summed E-state index contributed by atoms with van der Waals surface area (Å²) in [7, 11) is -2.79. The Bertz CT molecular complexity index is 271. The van der Waals surface area contributed by atoms with E-state index in [-0.39, 0.29) is 17.1 Å². The van der Waals surface area contributed by atoms with Crippen molar-refractivity contribution in [3.8, 4) is 0 Å². The summed E-state index contributed by atoms with van der Waals surface area (Å²) >= 11 is 0. The van der Waals surface area contributed by atoms with Gasteiger partial charge < -0.3 is 4.84 Å². The standard InChI is InChI=1S/C8H17NO3S/c1-8(2,6-12-9)7-3-4-13(10,11)5-7/h7H,3-6,9H2,1-2H3. The summed E-state index contributed by atoms with van der Waals surface area (Å²) in [6, 6.07) is 0. The second-order valence-electron chi connectivity index (χ2n) is 4.40. The molecule has 0 aromatic carbocycles. The number of rotatable bonds is 3. The van der Waals surface area contributed by atoms with Crippen molar-refractivity contribution in [2.75, 3.05) is 18.1 Å². The van der Waals surface area contributed by atoms with E-state index in [4.69, 9.17) is 5.90 Å². The topological polar surface area (TPSA) is 69.4 Å². The van der Waals surface area contributed by atoms with Crippen LogP contribution in [0.2, 0.25) is 0 Å². The summed E-state index contributed by atoms with van der Waals surface area (Å²) < 4.78 is 22.4. The number of hydrogen-bond donors (Lipinski definition) is 1. The Hall–Kier alpha value is -0.130. The van der Waals surface area contributed by atoms with Gasteiger partial charge in [0.25, 0.3) is 0 Å². The van der Waals surface area contributed by atoms with Gasteiger partial charge in [0, 0.05) is 0 Å². The number of sulfone groups is 1. The van der Waals surface area contributed by atoms with Crippen LogP contribution in [-0.2, 0) is 14.7 Å². The van der Waals surface area contributed by atoms with E-state index in [1.807, 2.05) is 13.8 Å². The van der Waals surface area contributed by atoms with E-state index < -0.39 is 9.84 Å². The molecule has 78 valence electrons. The van der Waals surface area contributed by atoms with Crippen molar-refractivity contribution in [1.82, 2.24) is 0 Å². The maximum absolute atomic E-state index is 11.2. The van der Waals surface area contributed by atoms with Crippen LogP contribution in [0.4, 0.5) is 0 Å². The van der Waals surface area contributed by atoms with E-state index >= 15 is 0 Å². The zero-order valence-corrected chi connectivity index (χ0v) is 8.93. The second-order valence-corrected chi connectivity index (χ2v) is 6.63. The van der Waals surface area contributed by atoms with E-state index in [1.165, 1.54) is 0 Å². The van der Waals surface area contributed by atoms with Crippen molar-refractivity contribution in [2.45, 2.75) is 20.3 Å². The molecule has 0 saturated carbocycles. The average molecular weight is 207 g/mol. The summed E-state index contributed by atoms with van der Waals surface area (Å²) in [5, 5.41) is 0. The molecule has 4 nitrogen and oxygen atoms in total. The predicted molar refractivity (Wildman–Crippen MR) is 50.7 cm³/mol. The fourth-order valence-corrected chi connectivity index (χ4v) is 3.79. The largest absolute Gasteiger partial charge is 0.304 e. The Morgan fingerprint density at radius 3 is 2.54 bits per heavy atom. The van der Waals surface area contributed by atoms with Gasteiger partial charge in [-0.1, -0.05) is 13.8 Å². The van der Waals surface area contributed by atoms with Crippen molar-refractivity contribution >= 4 is 9.84 Å². The molecule has 0 aliphatic carbocycles. The predicted octanol–water partition coefficient (Wildman–Crippen LogP) is 0.338. The molecule has 1 atom stereocenters. The molecule has 0 aromatic heterocycles. The van der Waals surface area contributed by atoms with Crippen LogP contribution in [0.15, 0.2) is 0 Å². The van der Waals surface area contributed by atoms with E-state index in [0.29, 0.717) is 12.4 Å². The Morgan fingerprint density at radius 1 is 1.54 bits per heavy atom. The normalized spacial score (nSPS) is 27.8. The summed E-state index contributed by atoms with van der Waals surface area (Å²) in [6.07, 6.45) is 0.735. The summed E-state index contributed by atoms with van der Waals surface area (Å²) in [4.78, 5) is 4.59. The molecule has 1 saturated heterocycles. The lowest BCUT2D eigenvalue weighted by molar-refractivity contribution is 0.0345. The number of nitrogens with two attached hydrogens (primary N) is 1. The Labute approximate surface area is 79.3 Å². The van der Waals surface area contributed by atoms with Crippen molar-refractivity contribution in [3.63, 3.8) is 0 Å². The molecule has 1 rings (SSSR count). The highest BCUT2D eigenvalue weighted by Gasteiger charge is 2.38. The molecule has 1 fully saturated rings. The van der Waals surface area contributed by atoms with Gasteiger partial charge in [-0.15, -0.1) is 0 Å². The summed E-state index contributed by atoms with van der Waals surface area (Å²) in [6.45, 7) is 4.39. The van der Waals surface area contributed by atoms with E-state index in [9.17, 15) is 8.42 Å². The molecular formula is C8H17NO3S. The third-order valence-corrected chi connectivity index (χ3v) is 4.56. The minimum absolute atomic E-state index is 0.141. The lowest BCUT2D eigenvalue weighted by Crippen LogP contribution is -2.31. The Morgan fingerprint density at radius 2 is 2.15 bits per heavy atom. The van der Waals surface area contributed by atoms with E-state index in [0.717, 1.165) is 6.42 Å². The molecule has 1 aliphatic heterocycles. The molecule has 2 N–H and O–H groups in total. The smallest absolute Gasteiger partial charge is 0.150 e. The minimum atomic E-state index is -2.79. The van der Waals surface area contributed by atoms with Gasteiger partial charge in [-0.3, -0.25) is 0 Å². The van der Waals surface area contributed by atoms with Crippen molar-refractivity contribution in [3.05, 3.63) is 0 Å². The highest BCUT2D eigenvalue weighted by atomic mass is 32.2. The van der Waals surface area contributed by atoms with E-state index in [1.54, 1.807) is 0 Å². The molecule has 13 heavy (non-hydrogen) atoms. The van der Waals surface area contributed by atoms with Crippen LogP contribution in [0, 0.1) is 11.3 Å².